The standard InChI is InChI=1S/C13H26N2OS/c1-4-9(3)12(14)13(16)15-10-6-7-11(8-10)17-5-2/h9-12H,4-8,14H2,1-3H3,(H,15,16). The molecule has 0 aromatic heterocycles. The molecule has 0 radical (unpaired) electrons. The van der Waals surface area contributed by atoms with Crippen LogP contribution in [0.3, 0.4) is 0 Å². The lowest BCUT2D eigenvalue weighted by Gasteiger charge is -2.20. The predicted octanol–water partition coefficient (Wildman–Crippen LogP) is 2.15. The minimum atomic E-state index is -0.349. The highest BCUT2D eigenvalue weighted by molar-refractivity contribution is 7.99. The molecule has 1 fully saturated rings. The zero-order valence-corrected chi connectivity index (χ0v) is 12.1. The van der Waals surface area contributed by atoms with Gasteiger partial charge in [-0.3, -0.25) is 4.79 Å². The van der Waals surface area contributed by atoms with Crippen LogP contribution < -0.4 is 11.1 Å². The van der Waals surface area contributed by atoms with E-state index in [-0.39, 0.29) is 17.9 Å². The van der Waals surface area contributed by atoms with Gasteiger partial charge in [-0.15, -0.1) is 0 Å². The van der Waals surface area contributed by atoms with Gasteiger partial charge >= 0.3 is 0 Å². The second-order valence-corrected chi connectivity index (χ2v) is 6.58. The van der Waals surface area contributed by atoms with Gasteiger partial charge in [-0.1, -0.05) is 27.2 Å². The first kappa shape index (κ1) is 14.8. The average Bonchev–Trinajstić information content (AvgIpc) is 2.75. The van der Waals surface area contributed by atoms with Gasteiger partial charge in [0.1, 0.15) is 0 Å². The fraction of sp³-hybridized carbons (Fsp3) is 0.923. The van der Waals surface area contributed by atoms with E-state index in [1.54, 1.807) is 0 Å². The molecule has 0 aromatic rings. The van der Waals surface area contributed by atoms with E-state index in [0.29, 0.717) is 6.04 Å². The minimum Gasteiger partial charge on any atom is -0.352 e. The fourth-order valence-electron chi connectivity index (χ4n) is 2.27. The SMILES string of the molecule is CCSC1CCC(NC(=O)C(N)C(C)CC)C1. The van der Waals surface area contributed by atoms with Crippen molar-refractivity contribution in [2.24, 2.45) is 11.7 Å². The van der Waals surface area contributed by atoms with E-state index in [9.17, 15) is 4.79 Å². The molecule has 0 aliphatic heterocycles. The molecule has 1 aliphatic carbocycles. The molecule has 4 heteroatoms. The first-order chi connectivity index (χ1) is 8.08. The molecule has 0 bridgehead atoms. The summed E-state index contributed by atoms with van der Waals surface area (Å²) in [6.45, 7) is 6.30. The summed E-state index contributed by atoms with van der Waals surface area (Å²) < 4.78 is 0. The molecule has 3 nitrogen and oxygen atoms in total. The van der Waals surface area contributed by atoms with E-state index < -0.39 is 0 Å². The minimum absolute atomic E-state index is 0.0338. The van der Waals surface area contributed by atoms with Crippen LogP contribution in [-0.4, -0.2) is 29.0 Å². The summed E-state index contributed by atoms with van der Waals surface area (Å²) in [4.78, 5) is 11.9. The van der Waals surface area contributed by atoms with Crippen molar-refractivity contribution in [3.8, 4) is 0 Å². The molecule has 0 heterocycles. The molecule has 4 unspecified atom stereocenters. The van der Waals surface area contributed by atoms with E-state index >= 15 is 0 Å². The molecule has 0 aromatic carbocycles. The van der Waals surface area contributed by atoms with Crippen LogP contribution in [0.15, 0.2) is 0 Å². The van der Waals surface area contributed by atoms with Crippen molar-refractivity contribution in [2.75, 3.05) is 5.75 Å². The monoisotopic (exact) mass is 258 g/mol. The highest BCUT2D eigenvalue weighted by Gasteiger charge is 2.28. The van der Waals surface area contributed by atoms with Gasteiger partial charge in [-0.2, -0.15) is 11.8 Å². The molecule has 3 N–H and O–H groups in total. The molecular formula is C13H26N2OS. The number of nitrogens with two attached hydrogens (primary N) is 1. The molecule has 0 spiro atoms. The van der Waals surface area contributed by atoms with Gasteiger partial charge in [-0.05, 0) is 30.9 Å². The quantitative estimate of drug-likeness (QED) is 0.767. The third-order valence-electron chi connectivity index (χ3n) is 3.69. The number of thioether (sulfide) groups is 1. The normalized spacial score (nSPS) is 27.8. The summed E-state index contributed by atoms with van der Waals surface area (Å²) in [5.74, 6) is 1.46. The summed E-state index contributed by atoms with van der Waals surface area (Å²) in [6, 6.07) is -0.000431. The van der Waals surface area contributed by atoms with E-state index in [1.165, 1.54) is 6.42 Å². The molecule has 1 rings (SSSR count). The number of hydrogen-bond acceptors (Lipinski definition) is 3. The van der Waals surface area contributed by atoms with E-state index in [2.05, 4.69) is 19.2 Å². The zero-order chi connectivity index (χ0) is 12.8. The summed E-state index contributed by atoms with van der Waals surface area (Å²) >= 11 is 2.01. The second kappa shape index (κ2) is 7.27. The molecule has 1 saturated carbocycles. The Hall–Kier alpha value is -0.220. The highest BCUT2D eigenvalue weighted by Crippen LogP contribution is 2.29. The van der Waals surface area contributed by atoms with Gasteiger partial charge < -0.3 is 11.1 Å². The van der Waals surface area contributed by atoms with Crippen molar-refractivity contribution >= 4 is 17.7 Å². The van der Waals surface area contributed by atoms with Crippen molar-refractivity contribution in [3.63, 3.8) is 0 Å². The third-order valence-corrected chi connectivity index (χ3v) is 4.93. The lowest BCUT2D eigenvalue weighted by Crippen LogP contribution is -2.47. The maximum atomic E-state index is 11.9. The van der Waals surface area contributed by atoms with Crippen LogP contribution >= 0.6 is 11.8 Å². The Morgan fingerprint density at radius 2 is 2.18 bits per heavy atom. The molecular weight excluding hydrogens is 232 g/mol. The molecule has 4 atom stereocenters. The molecule has 1 amide bonds. The molecule has 100 valence electrons. The summed E-state index contributed by atoms with van der Waals surface area (Å²) in [6.07, 6.45) is 4.39. The topological polar surface area (TPSA) is 55.1 Å². The van der Waals surface area contributed by atoms with Gasteiger partial charge in [0.2, 0.25) is 5.91 Å². The smallest absolute Gasteiger partial charge is 0.237 e. The Bertz CT molecular complexity index is 248. The van der Waals surface area contributed by atoms with Crippen LogP contribution in [-0.2, 0) is 4.79 Å². The molecule has 1 aliphatic rings. The zero-order valence-electron chi connectivity index (χ0n) is 11.2. The van der Waals surface area contributed by atoms with Gasteiger partial charge in [0, 0.05) is 11.3 Å². The Labute approximate surface area is 109 Å². The van der Waals surface area contributed by atoms with E-state index in [0.717, 1.165) is 30.3 Å². The highest BCUT2D eigenvalue weighted by atomic mass is 32.2. The van der Waals surface area contributed by atoms with Crippen LogP contribution in [0.5, 0.6) is 0 Å². The second-order valence-electron chi connectivity index (χ2n) is 5.01. The lowest BCUT2D eigenvalue weighted by atomic mass is 9.99. The lowest BCUT2D eigenvalue weighted by molar-refractivity contribution is -0.124. The van der Waals surface area contributed by atoms with Gasteiger partial charge in [0.25, 0.3) is 0 Å². The van der Waals surface area contributed by atoms with E-state index in [4.69, 9.17) is 5.73 Å². The van der Waals surface area contributed by atoms with Gasteiger partial charge in [0.15, 0.2) is 0 Å². The Kier molecular flexibility index (Phi) is 6.34. The summed E-state index contributed by atoms with van der Waals surface area (Å²) in [7, 11) is 0. The number of carbonyl (C=O) groups is 1. The summed E-state index contributed by atoms with van der Waals surface area (Å²) in [5.41, 5.74) is 5.93. The first-order valence-electron chi connectivity index (χ1n) is 6.76. The largest absolute Gasteiger partial charge is 0.352 e. The van der Waals surface area contributed by atoms with Crippen LogP contribution in [0, 0.1) is 5.92 Å². The fourth-order valence-corrected chi connectivity index (χ4v) is 3.41. The van der Waals surface area contributed by atoms with Crippen LogP contribution in [0.4, 0.5) is 0 Å². The Morgan fingerprint density at radius 3 is 2.76 bits per heavy atom. The van der Waals surface area contributed by atoms with E-state index in [1.807, 2.05) is 18.7 Å². The number of nitrogens with one attached hydrogen (secondary N) is 1. The van der Waals surface area contributed by atoms with Crippen LogP contribution in [0.25, 0.3) is 0 Å². The molecule has 17 heavy (non-hydrogen) atoms. The maximum absolute atomic E-state index is 11.9. The Morgan fingerprint density at radius 1 is 1.47 bits per heavy atom. The number of hydrogen-bond donors (Lipinski definition) is 2. The van der Waals surface area contributed by atoms with Crippen molar-refractivity contribution in [3.05, 3.63) is 0 Å². The third kappa shape index (κ3) is 4.51. The number of carbonyl (C=O) groups excluding carboxylic acids is 1. The first-order valence-corrected chi connectivity index (χ1v) is 7.80. The Balaban J connectivity index is 2.32. The number of amides is 1. The number of rotatable bonds is 6. The van der Waals surface area contributed by atoms with Gasteiger partial charge in [0.05, 0.1) is 6.04 Å². The van der Waals surface area contributed by atoms with Crippen molar-refractivity contribution in [1.82, 2.24) is 5.32 Å². The average molecular weight is 258 g/mol. The predicted molar refractivity (Wildman–Crippen MR) is 75.1 cm³/mol. The molecule has 0 saturated heterocycles. The van der Waals surface area contributed by atoms with Crippen molar-refractivity contribution < 1.29 is 4.79 Å². The van der Waals surface area contributed by atoms with Gasteiger partial charge in [-0.25, -0.2) is 0 Å². The van der Waals surface area contributed by atoms with Crippen molar-refractivity contribution in [2.45, 2.75) is 63.8 Å². The van der Waals surface area contributed by atoms with Crippen LogP contribution in [0.2, 0.25) is 0 Å². The van der Waals surface area contributed by atoms with Crippen molar-refractivity contribution in [1.29, 1.82) is 0 Å². The van der Waals surface area contributed by atoms with Crippen LogP contribution in [0.1, 0.15) is 46.5 Å². The summed E-state index contributed by atoms with van der Waals surface area (Å²) in [5, 5.41) is 3.83. The maximum Gasteiger partial charge on any atom is 0.237 e.